The fraction of sp³-hybridized carbons (Fsp3) is 0. The number of H-pyrrole nitrogens is 1. The second-order valence-corrected chi connectivity index (χ2v) is 5.40. The van der Waals surface area contributed by atoms with Gasteiger partial charge in [0.25, 0.3) is 0 Å². The van der Waals surface area contributed by atoms with E-state index in [0.717, 1.165) is 27.7 Å². The van der Waals surface area contributed by atoms with Gasteiger partial charge in [0.15, 0.2) is 0 Å². The SMILES string of the molecule is N#Cc1cc(-c2ccccc2)cnc1Nc1ccc2cn[nH]c2c1. The number of anilines is 2. The molecule has 0 aliphatic rings. The summed E-state index contributed by atoms with van der Waals surface area (Å²) in [6.45, 7) is 0. The molecule has 0 aliphatic heterocycles. The summed E-state index contributed by atoms with van der Waals surface area (Å²) in [5.74, 6) is 0.538. The average Bonchev–Trinajstić information content (AvgIpc) is 3.10. The molecule has 0 unspecified atom stereocenters. The van der Waals surface area contributed by atoms with Gasteiger partial charge in [0.1, 0.15) is 11.9 Å². The highest BCUT2D eigenvalue weighted by atomic mass is 15.1. The Bertz CT molecular complexity index is 1040. The standard InChI is InChI=1S/C19H13N5/c20-10-15-8-16(13-4-2-1-3-5-13)11-21-19(15)23-17-7-6-14-12-22-24-18(14)9-17/h1-9,11-12H,(H,21,23)(H,22,24). The van der Waals surface area contributed by atoms with Gasteiger partial charge in [-0.05, 0) is 29.8 Å². The summed E-state index contributed by atoms with van der Waals surface area (Å²) in [6.07, 6.45) is 3.54. The van der Waals surface area contributed by atoms with Gasteiger partial charge in [0.05, 0.1) is 17.3 Å². The van der Waals surface area contributed by atoms with Crippen LogP contribution < -0.4 is 5.32 Å². The molecule has 114 valence electrons. The summed E-state index contributed by atoms with van der Waals surface area (Å²) < 4.78 is 0. The van der Waals surface area contributed by atoms with E-state index in [9.17, 15) is 5.26 Å². The monoisotopic (exact) mass is 311 g/mol. The Hall–Kier alpha value is -3.65. The minimum atomic E-state index is 0.501. The lowest BCUT2D eigenvalue weighted by atomic mass is 10.1. The van der Waals surface area contributed by atoms with Crippen molar-refractivity contribution >= 4 is 22.4 Å². The van der Waals surface area contributed by atoms with Crippen molar-refractivity contribution in [3.8, 4) is 17.2 Å². The molecule has 2 N–H and O–H groups in total. The lowest BCUT2D eigenvalue weighted by Crippen LogP contribution is -1.97. The zero-order valence-electron chi connectivity index (χ0n) is 12.7. The number of fused-ring (bicyclic) bond motifs is 1. The molecular formula is C19H13N5. The van der Waals surface area contributed by atoms with Crippen LogP contribution in [0.3, 0.4) is 0 Å². The molecular weight excluding hydrogens is 298 g/mol. The summed E-state index contributed by atoms with van der Waals surface area (Å²) in [7, 11) is 0. The highest BCUT2D eigenvalue weighted by Gasteiger charge is 2.08. The predicted molar refractivity (Wildman–Crippen MR) is 93.8 cm³/mol. The van der Waals surface area contributed by atoms with Crippen molar-refractivity contribution < 1.29 is 0 Å². The van der Waals surface area contributed by atoms with E-state index in [1.807, 2.05) is 54.6 Å². The number of aromatic nitrogens is 3. The molecule has 2 heterocycles. The number of aromatic amines is 1. The Kier molecular flexibility index (Phi) is 3.41. The van der Waals surface area contributed by atoms with Crippen LogP contribution >= 0.6 is 0 Å². The van der Waals surface area contributed by atoms with Crippen molar-refractivity contribution in [2.24, 2.45) is 0 Å². The van der Waals surface area contributed by atoms with Gasteiger partial charge >= 0.3 is 0 Å². The minimum Gasteiger partial charge on any atom is -0.339 e. The van der Waals surface area contributed by atoms with Crippen LogP contribution in [0.1, 0.15) is 5.56 Å². The average molecular weight is 311 g/mol. The van der Waals surface area contributed by atoms with Crippen LogP contribution in [-0.4, -0.2) is 15.2 Å². The summed E-state index contributed by atoms with van der Waals surface area (Å²) >= 11 is 0. The van der Waals surface area contributed by atoms with Gasteiger partial charge in [-0.1, -0.05) is 30.3 Å². The largest absolute Gasteiger partial charge is 0.339 e. The molecule has 0 saturated carbocycles. The Balaban J connectivity index is 1.69. The Morgan fingerprint density at radius 2 is 1.83 bits per heavy atom. The molecule has 0 fully saturated rings. The number of hydrogen-bond donors (Lipinski definition) is 2. The van der Waals surface area contributed by atoms with Crippen LogP contribution in [0.15, 0.2) is 67.0 Å². The second kappa shape index (κ2) is 5.86. The molecule has 0 aliphatic carbocycles. The fourth-order valence-corrected chi connectivity index (χ4v) is 2.59. The van der Waals surface area contributed by atoms with Crippen LogP contribution in [0.4, 0.5) is 11.5 Å². The molecule has 2 aromatic carbocycles. The van der Waals surface area contributed by atoms with Crippen molar-refractivity contribution in [2.75, 3.05) is 5.32 Å². The van der Waals surface area contributed by atoms with Crippen LogP contribution in [0.25, 0.3) is 22.0 Å². The molecule has 0 saturated heterocycles. The smallest absolute Gasteiger partial charge is 0.148 e. The topological polar surface area (TPSA) is 77.4 Å². The van der Waals surface area contributed by atoms with Crippen LogP contribution in [0.5, 0.6) is 0 Å². The lowest BCUT2D eigenvalue weighted by Gasteiger charge is -2.09. The van der Waals surface area contributed by atoms with E-state index in [0.29, 0.717) is 11.4 Å². The number of rotatable bonds is 3. The van der Waals surface area contributed by atoms with E-state index in [1.165, 1.54) is 0 Å². The number of pyridine rings is 1. The van der Waals surface area contributed by atoms with E-state index in [4.69, 9.17) is 0 Å². The summed E-state index contributed by atoms with van der Waals surface area (Å²) in [6, 6.07) is 19.8. The third-order valence-corrected chi connectivity index (χ3v) is 3.82. The molecule has 0 atom stereocenters. The molecule has 0 radical (unpaired) electrons. The lowest BCUT2D eigenvalue weighted by molar-refractivity contribution is 1.12. The second-order valence-electron chi connectivity index (χ2n) is 5.40. The minimum absolute atomic E-state index is 0.501. The predicted octanol–water partition coefficient (Wildman–Crippen LogP) is 4.24. The van der Waals surface area contributed by atoms with Crippen molar-refractivity contribution in [3.05, 3.63) is 72.6 Å². The highest BCUT2D eigenvalue weighted by Crippen LogP contribution is 2.25. The third-order valence-electron chi connectivity index (χ3n) is 3.82. The normalized spacial score (nSPS) is 10.5. The first-order chi connectivity index (χ1) is 11.8. The molecule has 24 heavy (non-hydrogen) atoms. The van der Waals surface area contributed by atoms with Crippen molar-refractivity contribution in [1.29, 1.82) is 5.26 Å². The number of nitriles is 1. The molecule has 5 heteroatoms. The van der Waals surface area contributed by atoms with E-state index < -0.39 is 0 Å². The van der Waals surface area contributed by atoms with Gasteiger partial charge in [-0.3, -0.25) is 5.10 Å². The summed E-state index contributed by atoms with van der Waals surface area (Å²) in [4.78, 5) is 4.43. The van der Waals surface area contributed by atoms with E-state index in [-0.39, 0.29) is 0 Å². The number of hydrogen-bond acceptors (Lipinski definition) is 4. The Morgan fingerprint density at radius 3 is 2.67 bits per heavy atom. The van der Waals surface area contributed by atoms with Crippen molar-refractivity contribution in [1.82, 2.24) is 15.2 Å². The van der Waals surface area contributed by atoms with Gasteiger partial charge in [0.2, 0.25) is 0 Å². The molecule has 0 bridgehead atoms. The number of nitrogens with one attached hydrogen (secondary N) is 2. The van der Waals surface area contributed by atoms with Gasteiger partial charge in [-0.25, -0.2) is 4.98 Å². The van der Waals surface area contributed by atoms with Gasteiger partial charge in [0, 0.05) is 22.8 Å². The number of benzene rings is 2. The number of nitrogens with zero attached hydrogens (tertiary/aromatic N) is 3. The summed E-state index contributed by atoms with van der Waals surface area (Å²) in [5.41, 5.74) is 4.23. The van der Waals surface area contributed by atoms with E-state index in [1.54, 1.807) is 12.4 Å². The van der Waals surface area contributed by atoms with Gasteiger partial charge in [-0.15, -0.1) is 0 Å². The van der Waals surface area contributed by atoms with Crippen LogP contribution in [-0.2, 0) is 0 Å². The van der Waals surface area contributed by atoms with E-state index >= 15 is 0 Å². The molecule has 5 nitrogen and oxygen atoms in total. The molecule has 0 spiro atoms. The molecule has 4 rings (SSSR count). The fourth-order valence-electron chi connectivity index (χ4n) is 2.59. The van der Waals surface area contributed by atoms with E-state index in [2.05, 4.69) is 26.6 Å². The maximum atomic E-state index is 9.46. The highest BCUT2D eigenvalue weighted by molar-refractivity contribution is 5.83. The van der Waals surface area contributed by atoms with Crippen LogP contribution in [0, 0.1) is 11.3 Å². The zero-order valence-corrected chi connectivity index (χ0v) is 12.7. The first-order valence-electron chi connectivity index (χ1n) is 7.49. The quantitative estimate of drug-likeness (QED) is 0.593. The summed E-state index contributed by atoms with van der Waals surface area (Å²) in [5, 5.41) is 20.6. The first kappa shape index (κ1) is 14.0. The van der Waals surface area contributed by atoms with Crippen molar-refractivity contribution in [3.63, 3.8) is 0 Å². The first-order valence-corrected chi connectivity index (χ1v) is 7.49. The van der Waals surface area contributed by atoms with Gasteiger partial charge < -0.3 is 5.32 Å². The van der Waals surface area contributed by atoms with Gasteiger partial charge in [-0.2, -0.15) is 10.4 Å². The Labute approximate surface area is 138 Å². The third kappa shape index (κ3) is 2.57. The zero-order chi connectivity index (χ0) is 16.4. The maximum Gasteiger partial charge on any atom is 0.148 e. The Morgan fingerprint density at radius 1 is 0.958 bits per heavy atom. The van der Waals surface area contributed by atoms with Crippen LogP contribution in [0.2, 0.25) is 0 Å². The molecule has 4 aromatic rings. The molecule has 2 aromatic heterocycles. The van der Waals surface area contributed by atoms with Crippen molar-refractivity contribution in [2.45, 2.75) is 0 Å². The maximum absolute atomic E-state index is 9.46. The molecule has 0 amide bonds.